The number of thiocarbonyl (C=S) groups is 1. The molecule has 0 radical (unpaired) electrons. The topological polar surface area (TPSA) is 37.6 Å². The molecule has 0 aliphatic carbocycles. The summed E-state index contributed by atoms with van der Waals surface area (Å²) < 4.78 is 2.49. The van der Waals surface area contributed by atoms with Gasteiger partial charge in [-0.1, -0.05) is 60.3 Å². The largest absolute Gasteiger partial charge is 0.350 e. The van der Waals surface area contributed by atoms with Crippen LogP contribution in [0.1, 0.15) is 11.1 Å². The summed E-state index contributed by atoms with van der Waals surface area (Å²) in [5.41, 5.74) is 3.03. The van der Waals surface area contributed by atoms with Gasteiger partial charge in [0.25, 0.3) is 5.91 Å². The fourth-order valence-electron chi connectivity index (χ4n) is 2.85. The quantitative estimate of drug-likeness (QED) is 0.385. The Morgan fingerprint density at radius 3 is 2.62 bits per heavy atom. The number of nitrogens with zero attached hydrogens (tertiary/aromatic N) is 3. The van der Waals surface area contributed by atoms with Gasteiger partial charge in [-0.2, -0.15) is 10.1 Å². The lowest BCUT2D eigenvalue weighted by atomic mass is 10.1. The van der Waals surface area contributed by atoms with Crippen molar-refractivity contribution >= 4 is 57.4 Å². The van der Waals surface area contributed by atoms with Gasteiger partial charge < -0.3 is 4.57 Å². The minimum absolute atomic E-state index is 0.194. The predicted molar refractivity (Wildman–Crippen MR) is 112 cm³/mol. The normalized spacial score (nSPS) is 16.5. The molecule has 0 bridgehead atoms. The van der Waals surface area contributed by atoms with E-state index in [2.05, 4.69) is 21.8 Å². The Morgan fingerprint density at radius 2 is 1.81 bits per heavy atom. The molecule has 4 nitrogen and oxygen atoms in total. The number of hydrogen-bond acceptors (Lipinski definition) is 4. The lowest BCUT2D eigenvalue weighted by molar-refractivity contribution is -0.122. The van der Waals surface area contributed by atoms with Crippen molar-refractivity contribution in [1.82, 2.24) is 9.58 Å². The molecule has 0 spiro atoms. The Hall–Kier alpha value is -2.70. The zero-order chi connectivity index (χ0) is 18.1. The number of hydrogen-bond donors (Lipinski definition) is 0. The van der Waals surface area contributed by atoms with Crippen LogP contribution in [0.4, 0.5) is 0 Å². The molecule has 1 aliphatic rings. The van der Waals surface area contributed by atoms with E-state index in [0.717, 1.165) is 22.0 Å². The Balaban J connectivity index is 1.64. The van der Waals surface area contributed by atoms with E-state index in [4.69, 9.17) is 12.2 Å². The molecule has 2 aromatic carbocycles. The molecule has 26 heavy (non-hydrogen) atoms. The molecule has 1 aromatic heterocycles. The number of aromatic nitrogens is 1. The molecule has 128 valence electrons. The number of thioether (sulfide) groups is 1. The minimum Gasteiger partial charge on any atom is -0.350 e. The zero-order valence-electron chi connectivity index (χ0n) is 14.0. The van der Waals surface area contributed by atoms with Crippen LogP contribution in [-0.2, 0) is 11.8 Å². The van der Waals surface area contributed by atoms with Crippen molar-refractivity contribution in [1.29, 1.82) is 0 Å². The van der Waals surface area contributed by atoms with Crippen molar-refractivity contribution in [2.45, 2.75) is 0 Å². The highest BCUT2D eigenvalue weighted by atomic mass is 32.2. The van der Waals surface area contributed by atoms with Crippen LogP contribution in [0, 0.1) is 0 Å². The van der Waals surface area contributed by atoms with Gasteiger partial charge in [-0.3, -0.25) is 4.79 Å². The van der Waals surface area contributed by atoms with Crippen molar-refractivity contribution in [2.75, 3.05) is 0 Å². The number of amides is 1. The third-order valence-corrected chi connectivity index (χ3v) is 5.39. The SMILES string of the molecule is Cn1cc(/C=C2\SC(=S)N(/N=C/c3ccccc3)C2=O)c2ccccc21. The summed E-state index contributed by atoms with van der Waals surface area (Å²) in [6.07, 6.45) is 5.55. The first-order valence-corrected chi connectivity index (χ1v) is 9.27. The molecule has 0 atom stereocenters. The first kappa shape index (κ1) is 16.8. The molecule has 6 heteroatoms. The maximum Gasteiger partial charge on any atom is 0.286 e. The molecule has 0 N–H and O–H groups in total. The third kappa shape index (κ3) is 3.09. The summed E-state index contributed by atoms with van der Waals surface area (Å²) >= 11 is 6.61. The monoisotopic (exact) mass is 377 g/mol. The lowest BCUT2D eigenvalue weighted by Crippen LogP contribution is -2.22. The number of hydrazone groups is 1. The molecule has 1 saturated heterocycles. The first-order valence-electron chi connectivity index (χ1n) is 8.04. The van der Waals surface area contributed by atoms with E-state index < -0.39 is 0 Å². The van der Waals surface area contributed by atoms with Crippen LogP contribution in [0.25, 0.3) is 17.0 Å². The van der Waals surface area contributed by atoms with Gasteiger partial charge in [0.1, 0.15) is 0 Å². The van der Waals surface area contributed by atoms with Crippen LogP contribution in [0.5, 0.6) is 0 Å². The van der Waals surface area contributed by atoms with Crippen molar-refractivity contribution in [2.24, 2.45) is 12.1 Å². The van der Waals surface area contributed by atoms with E-state index in [1.54, 1.807) is 6.21 Å². The van der Waals surface area contributed by atoms with Gasteiger partial charge in [-0.25, -0.2) is 0 Å². The molecule has 0 saturated carbocycles. The van der Waals surface area contributed by atoms with Gasteiger partial charge in [0, 0.05) is 29.7 Å². The number of rotatable bonds is 3. The zero-order valence-corrected chi connectivity index (χ0v) is 15.6. The Bertz CT molecular complexity index is 1070. The standard InChI is InChI=1S/C20H15N3OS2/c1-22-13-15(16-9-5-6-10-17(16)22)11-18-19(24)23(20(25)26-18)21-12-14-7-3-2-4-8-14/h2-13H,1H3/b18-11-,21-12+. The fourth-order valence-corrected chi connectivity index (χ4v) is 4.02. The number of para-hydroxylation sites is 1. The average molecular weight is 377 g/mol. The molecule has 1 amide bonds. The van der Waals surface area contributed by atoms with Crippen molar-refractivity contribution < 1.29 is 4.79 Å². The summed E-state index contributed by atoms with van der Waals surface area (Å²) in [7, 11) is 2.00. The maximum absolute atomic E-state index is 12.7. The van der Waals surface area contributed by atoms with Crippen LogP contribution in [0.15, 0.2) is 70.8 Å². The fraction of sp³-hybridized carbons (Fsp3) is 0.0500. The first-order chi connectivity index (χ1) is 12.6. The maximum atomic E-state index is 12.7. The highest BCUT2D eigenvalue weighted by Crippen LogP contribution is 2.34. The second-order valence-corrected chi connectivity index (χ2v) is 7.54. The molecule has 4 rings (SSSR count). The second-order valence-electron chi connectivity index (χ2n) is 5.86. The van der Waals surface area contributed by atoms with E-state index in [1.807, 2.05) is 61.8 Å². The molecule has 1 fully saturated rings. The van der Waals surface area contributed by atoms with Crippen molar-refractivity contribution in [3.63, 3.8) is 0 Å². The van der Waals surface area contributed by atoms with E-state index in [9.17, 15) is 4.79 Å². The van der Waals surface area contributed by atoms with E-state index in [0.29, 0.717) is 9.23 Å². The van der Waals surface area contributed by atoms with Crippen molar-refractivity contribution in [3.8, 4) is 0 Å². The van der Waals surface area contributed by atoms with Crippen molar-refractivity contribution in [3.05, 3.63) is 76.8 Å². The van der Waals surface area contributed by atoms with Gasteiger partial charge in [0.2, 0.25) is 0 Å². The predicted octanol–water partition coefficient (Wildman–Crippen LogP) is 4.41. The molecular formula is C20H15N3OS2. The summed E-state index contributed by atoms with van der Waals surface area (Å²) in [5, 5.41) is 6.65. The molecule has 3 aromatic rings. The third-order valence-electron chi connectivity index (χ3n) is 4.11. The molecule has 0 unspecified atom stereocenters. The minimum atomic E-state index is -0.194. The van der Waals surface area contributed by atoms with E-state index >= 15 is 0 Å². The molecule has 1 aliphatic heterocycles. The summed E-state index contributed by atoms with van der Waals surface area (Å²) in [5.74, 6) is -0.194. The van der Waals surface area contributed by atoms with E-state index in [1.165, 1.54) is 16.8 Å². The summed E-state index contributed by atoms with van der Waals surface area (Å²) in [6, 6.07) is 17.7. The van der Waals surface area contributed by atoms with Crippen LogP contribution in [-0.4, -0.2) is 26.0 Å². The van der Waals surface area contributed by atoms with Gasteiger partial charge in [0.05, 0.1) is 11.1 Å². The van der Waals surface area contributed by atoms with Gasteiger partial charge in [-0.15, -0.1) is 0 Å². The number of aryl methyl sites for hydroxylation is 1. The Labute approximate surface area is 160 Å². The Kier molecular flexibility index (Phi) is 4.44. The van der Waals surface area contributed by atoms with Crippen LogP contribution >= 0.6 is 24.0 Å². The average Bonchev–Trinajstić information content (AvgIpc) is 3.11. The smallest absolute Gasteiger partial charge is 0.286 e. The van der Waals surface area contributed by atoms with Gasteiger partial charge in [0.15, 0.2) is 4.32 Å². The van der Waals surface area contributed by atoms with Crippen LogP contribution in [0.2, 0.25) is 0 Å². The number of benzene rings is 2. The van der Waals surface area contributed by atoms with Crippen LogP contribution < -0.4 is 0 Å². The highest BCUT2D eigenvalue weighted by molar-refractivity contribution is 8.26. The summed E-state index contributed by atoms with van der Waals surface area (Å²) in [6.45, 7) is 0. The highest BCUT2D eigenvalue weighted by Gasteiger charge is 2.32. The summed E-state index contributed by atoms with van der Waals surface area (Å²) in [4.78, 5) is 13.3. The van der Waals surface area contributed by atoms with E-state index in [-0.39, 0.29) is 5.91 Å². The number of fused-ring (bicyclic) bond motifs is 1. The lowest BCUT2D eigenvalue weighted by Gasteiger charge is -2.05. The molecule has 2 heterocycles. The molecular weight excluding hydrogens is 362 g/mol. The van der Waals surface area contributed by atoms with Gasteiger partial charge in [-0.05, 0) is 29.9 Å². The van der Waals surface area contributed by atoms with Gasteiger partial charge >= 0.3 is 0 Å². The van der Waals surface area contributed by atoms with Crippen LogP contribution in [0.3, 0.4) is 0 Å². The number of carbonyl (C=O) groups is 1. The number of carbonyl (C=O) groups excluding carboxylic acids is 1. The Morgan fingerprint density at radius 1 is 1.08 bits per heavy atom. The second kappa shape index (κ2) is 6.90.